The lowest BCUT2D eigenvalue weighted by Crippen LogP contribution is -2.10. The molecule has 2 fully saturated rings. The molecule has 0 amide bonds. The average Bonchev–Trinajstić information content (AvgIpc) is 2.62. The van der Waals surface area contributed by atoms with E-state index in [0.29, 0.717) is 0 Å². The van der Waals surface area contributed by atoms with Gasteiger partial charge in [-0.3, -0.25) is 8.94 Å². The fourth-order valence-electron chi connectivity index (χ4n) is 2.87. The van der Waals surface area contributed by atoms with Crippen LogP contribution >= 0.6 is 0 Å². The first-order valence-electron chi connectivity index (χ1n) is 5.13. The van der Waals surface area contributed by atoms with Crippen LogP contribution in [0, 0.1) is 17.8 Å². The molecule has 0 aromatic rings. The van der Waals surface area contributed by atoms with Gasteiger partial charge in [0.15, 0.2) is 0 Å². The van der Waals surface area contributed by atoms with E-state index < -0.39 is 10.5 Å². The monoisotopic (exact) mass is 242 g/mol. The number of rotatable bonds is 2. The largest absolute Gasteiger partial charge is 0.435 e. The van der Waals surface area contributed by atoms with E-state index in [0.717, 1.165) is 24.2 Å². The molecule has 2 saturated carbocycles. The van der Waals surface area contributed by atoms with Gasteiger partial charge in [0.2, 0.25) is 0 Å². The summed E-state index contributed by atoms with van der Waals surface area (Å²) in [6.45, 7) is -0.0894. The fraction of sp³-hybridized carbons (Fsp3) is 1.00. The Morgan fingerprint density at radius 3 is 2.20 bits per heavy atom. The Balaban J connectivity index is 0.000000195. The van der Waals surface area contributed by atoms with Crippen LogP contribution in [-0.4, -0.2) is 19.6 Å². The third-order valence-electron chi connectivity index (χ3n) is 3.36. The van der Waals surface area contributed by atoms with Crippen molar-refractivity contribution in [2.45, 2.75) is 32.1 Å². The highest BCUT2D eigenvalue weighted by Crippen LogP contribution is 2.49. The van der Waals surface area contributed by atoms with E-state index >= 15 is 0 Å². The summed E-state index contributed by atoms with van der Waals surface area (Å²) < 4.78 is 46.1. The minimum atomic E-state index is -5.17. The summed E-state index contributed by atoms with van der Waals surface area (Å²) in [5, 5.41) is 0. The molecule has 0 radical (unpaired) electrons. The maximum atomic E-state index is 12.0. The normalized spacial score (nSPS) is 33.7. The third-order valence-corrected chi connectivity index (χ3v) is 3.36. The molecule has 0 heterocycles. The van der Waals surface area contributed by atoms with Gasteiger partial charge in [-0.05, 0) is 43.4 Å². The molecule has 3 nitrogen and oxygen atoms in total. The SMILES string of the molecule is FCCC1CC2CCC1C2.O=S(=O)(O)F. The van der Waals surface area contributed by atoms with Crippen molar-refractivity contribution >= 4 is 10.5 Å². The van der Waals surface area contributed by atoms with Gasteiger partial charge in [0.25, 0.3) is 0 Å². The van der Waals surface area contributed by atoms with Gasteiger partial charge in [-0.25, -0.2) is 0 Å². The van der Waals surface area contributed by atoms with E-state index in [4.69, 9.17) is 13.0 Å². The first kappa shape index (κ1) is 12.8. The van der Waals surface area contributed by atoms with Gasteiger partial charge in [0, 0.05) is 0 Å². The van der Waals surface area contributed by atoms with Gasteiger partial charge in [0.1, 0.15) is 0 Å². The highest BCUT2D eigenvalue weighted by molar-refractivity contribution is 7.80. The zero-order valence-electron chi connectivity index (χ0n) is 8.40. The minimum Gasteiger partial charge on any atom is -0.260 e. The number of hydrogen-bond acceptors (Lipinski definition) is 2. The van der Waals surface area contributed by atoms with Crippen LogP contribution in [0.3, 0.4) is 0 Å². The van der Waals surface area contributed by atoms with E-state index in [1.54, 1.807) is 0 Å². The Morgan fingerprint density at radius 1 is 1.27 bits per heavy atom. The molecule has 2 rings (SSSR count). The first-order valence-corrected chi connectivity index (χ1v) is 6.47. The van der Waals surface area contributed by atoms with E-state index in [1.165, 1.54) is 25.7 Å². The molecule has 90 valence electrons. The maximum absolute atomic E-state index is 12.0. The molecule has 3 atom stereocenters. The van der Waals surface area contributed by atoms with Gasteiger partial charge in [-0.1, -0.05) is 10.3 Å². The summed E-state index contributed by atoms with van der Waals surface area (Å²) in [6.07, 6.45) is 6.45. The van der Waals surface area contributed by atoms with Crippen molar-refractivity contribution in [2.24, 2.45) is 17.8 Å². The fourth-order valence-corrected chi connectivity index (χ4v) is 2.87. The van der Waals surface area contributed by atoms with Crippen LogP contribution in [0.4, 0.5) is 8.28 Å². The van der Waals surface area contributed by atoms with Crippen molar-refractivity contribution in [3.8, 4) is 0 Å². The van der Waals surface area contributed by atoms with Crippen molar-refractivity contribution < 1.29 is 21.2 Å². The summed E-state index contributed by atoms with van der Waals surface area (Å²) in [6, 6.07) is 0. The third kappa shape index (κ3) is 4.88. The second-order valence-electron chi connectivity index (χ2n) is 4.32. The summed E-state index contributed by atoms with van der Waals surface area (Å²) in [4.78, 5) is 0. The van der Waals surface area contributed by atoms with Gasteiger partial charge in [-0.15, -0.1) is 0 Å². The van der Waals surface area contributed by atoms with Crippen LogP contribution in [0.1, 0.15) is 32.1 Å². The molecule has 0 aromatic heterocycles. The van der Waals surface area contributed by atoms with Gasteiger partial charge in [-0.2, -0.15) is 8.42 Å². The smallest absolute Gasteiger partial charge is 0.260 e. The average molecular weight is 242 g/mol. The Bertz CT molecular complexity index is 284. The Hall–Kier alpha value is -0.230. The number of fused-ring (bicyclic) bond motifs is 2. The molecule has 1 N–H and O–H groups in total. The van der Waals surface area contributed by atoms with Crippen molar-refractivity contribution in [1.29, 1.82) is 0 Å². The molecule has 0 aromatic carbocycles. The molecule has 2 aliphatic carbocycles. The highest BCUT2D eigenvalue weighted by atomic mass is 32.3. The van der Waals surface area contributed by atoms with Crippen LogP contribution in [0.2, 0.25) is 0 Å². The molecule has 0 saturated heterocycles. The number of alkyl halides is 1. The zero-order valence-corrected chi connectivity index (χ0v) is 9.22. The maximum Gasteiger partial charge on any atom is 0.435 e. The number of hydrogen-bond donors (Lipinski definition) is 1. The summed E-state index contributed by atoms with van der Waals surface area (Å²) >= 11 is 0. The molecule has 0 spiro atoms. The van der Waals surface area contributed by atoms with Crippen molar-refractivity contribution in [3.05, 3.63) is 0 Å². The van der Waals surface area contributed by atoms with E-state index in [1.807, 2.05) is 0 Å². The summed E-state index contributed by atoms with van der Waals surface area (Å²) in [5.74, 6) is 2.67. The molecule has 2 bridgehead atoms. The lowest BCUT2D eigenvalue weighted by Gasteiger charge is -2.19. The molecule has 3 unspecified atom stereocenters. The van der Waals surface area contributed by atoms with Gasteiger partial charge in [0.05, 0.1) is 6.67 Å². The zero-order chi connectivity index (χ0) is 11.5. The first-order chi connectivity index (χ1) is 6.90. The predicted octanol–water partition coefficient (Wildman–Crippen LogP) is 2.54. The standard InChI is InChI=1S/C9H15F.FHO3S/c10-4-3-9-6-7-1-2-8(9)5-7;1-5(2,3)4/h7-9H,1-6H2;(H,2,3,4). The van der Waals surface area contributed by atoms with Gasteiger partial charge < -0.3 is 0 Å². The van der Waals surface area contributed by atoms with Crippen LogP contribution < -0.4 is 0 Å². The van der Waals surface area contributed by atoms with Crippen LogP contribution in [0.15, 0.2) is 0 Å². The molecular formula is C9H16F2O3S. The lowest BCUT2D eigenvalue weighted by atomic mass is 9.87. The van der Waals surface area contributed by atoms with Crippen molar-refractivity contribution in [3.63, 3.8) is 0 Å². The lowest BCUT2D eigenvalue weighted by molar-refractivity contribution is 0.284. The molecular weight excluding hydrogens is 226 g/mol. The molecule has 2 aliphatic rings. The van der Waals surface area contributed by atoms with Crippen LogP contribution in [0.25, 0.3) is 0 Å². The minimum absolute atomic E-state index is 0.0894. The quantitative estimate of drug-likeness (QED) is 0.598. The Labute approximate surface area is 88.9 Å². The summed E-state index contributed by atoms with van der Waals surface area (Å²) in [5.41, 5.74) is 0. The Morgan fingerprint density at radius 2 is 1.87 bits per heavy atom. The topological polar surface area (TPSA) is 54.4 Å². The van der Waals surface area contributed by atoms with E-state index in [9.17, 15) is 8.28 Å². The van der Waals surface area contributed by atoms with Gasteiger partial charge >= 0.3 is 10.5 Å². The van der Waals surface area contributed by atoms with Crippen molar-refractivity contribution in [2.75, 3.05) is 6.67 Å². The molecule has 15 heavy (non-hydrogen) atoms. The number of halogens is 2. The highest BCUT2D eigenvalue weighted by Gasteiger charge is 2.38. The van der Waals surface area contributed by atoms with Crippen LogP contribution in [0.5, 0.6) is 0 Å². The van der Waals surface area contributed by atoms with Crippen LogP contribution in [-0.2, 0) is 10.5 Å². The predicted molar refractivity (Wildman–Crippen MR) is 52.2 cm³/mol. The summed E-state index contributed by atoms with van der Waals surface area (Å²) in [7, 11) is -5.17. The van der Waals surface area contributed by atoms with E-state index in [2.05, 4.69) is 0 Å². The molecule has 0 aliphatic heterocycles. The van der Waals surface area contributed by atoms with E-state index in [-0.39, 0.29) is 6.67 Å². The Kier molecular flexibility index (Phi) is 4.45. The second kappa shape index (κ2) is 5.21. The second-order valence-corrected chi connectivity index (χ2v) is 5.15. The van der Waals surface area contributed by atoms with Crippen molar-refractivity contribution in [1.82, 2.24) is 0 Å². The molecule has 6 heteroatoms.